The molecule has 2 fully saturated rings. The zero-order valence-corrected chi connectivity index (χ0v) is 13.6. The van der Waals surface area contributed by atoms with Gasteiger partial charge in [0.1, 0.15) is 0 Å². The predicted octanol–water partition coefficient (Wildman–Crippen LogP) is 2.49. The van der Waals surface area contributed by atoms with E-state index >= 15 is 0 Å². The fraction of sp³-hybridized carbons (Fsp3) is 1.00. The number of nitrogens with one attached hydrogen (secondary N) is 1. The quantitative estimate of drug-likeness (QED) is 0.813. The standard InChI is InChI=1S/C17H34N2O/c1-4-8-18-16-6-5-13(2)10-15(16)12-19-9-7-17(20)14(3)11-19/h13-18,20H,4-12H2,1-3H3. The number of hydrogen-bond acceptors (Lipinski definition) is 3. The summed E-state index contributed by atoms with van der Waals surface area (Å²) < 4.78 is 0. The second-order valence-electron chi connectivity index (χ2n) is 7.33. The molecule has 1 saturated carbocycles. The van der Waals surface area contributed by atoms with Crippen molar-refractivity contribution in [3.63, 3.8) is 0 Å². The Kier molecular flexibility index (Phi) is 6.31. The second-order valence-corrected chi connectivity index (χ2v) is 7.33. The summed E-state index contributed by atoms with van der Waals surface area (Å²) in [5.41, 5.74) is 0. The van der Waals surface area contributed by atoms with E-state index in [0.717, 1.165) is 37.9 Å². The van der Waals surface area contributed by atoms with Crippen LogP contribution in [0.5, 0.6) is 0 Å². The van der Waals surface area contributed by atoms with Gasteiger partial charge in [0.15, 0.2) is 0 Å². The fourth-order valence-corrected chi connectivity index (χ4v) is 4.02. The van der Waals surface area contributed by atoms with E-state index in [0.29, 0.717) is 12.0 Å². The van der Waals surface area contributed by atoms with Crippen LogP contribution in [-0.4, -0.2) is 48.3 Å². The van der Waals surface area contributed by atoms with Crippen LogP contribution in [0.15, 0.2) is 0 Å². The minimum atomic E-state index is -0.0782. The van der Waals surface area contributed by atoms with Gasteiger partial charge in [-0.05, 0) is 56.4 Å². The minimum Gasteiger partial charge on any atom is -0.393 e. The first-order valence-electron chi connectivity index (χ1n) is 8.74. The Morgan fingerprint density at radius 3 is 2.70 bits per heavy atom. The van der Waals surface area contributed by atoms with Crippen molar-refractivity contribution in [2.24, 2.45) is 17.8 Å². The number of aliphatic hydroxyl groups excluding tert-OH is 1. The van der Waals surface area contributed by atoms with E-state index in [1.807, 2.05) is 0 Å². The number of likely N-dealkylation sites (tertiary alicyclic amines) is 1. The second kappa shape index (κ2) is 7.77. The van der Waals surface area contributed by atoms with Crippen molar-refractivity contribution in [2.45, 2.75) is 65.0 Å². The fourth-order valence-electron chi connectivity index (χ4n) is 4.02. The highest BCUT2D eigenvalue weighted by Gasteiger charge is 2.32. The minimum absolute atomic E-state index is 0.0782. The molecule has 3 heteroatoms. The summed E-state index contributed by atoms with van der Waals surface area (Å²) in [5, 5.41) is 13.6. The Hall–Kier alpha value is -0.120. The molecule has 0 amide bonds. The largest absolute Gasteiger partial charge is 0.393 e. The van der Waals surface area contributed by atoms with Gasteiger partial charge in [-0.15, -0.1) is 0 Å². The van der Waals surface area contributed by atoms with Crippen LogP contribution < -0.4 is 5.32 Å². The third-order valence-corrected chi connectivity index (χ3v) is 5.34. The summed E-state index contributed by atoms with van der Waals surface area (Å²) in [6.45, 7) is 11.4. The van der Waals surface area contributed by atoms with Crippen molar-refractivity contribution in [3.8, 4) is 0 Å². The van der Waals surface area contributed by atoms with Gasteiger partial charge in [0.25, 0.3) is 0 Å². The van der Waals surface area contributed by atoms with Crippen molar-refractivity contribution in [3.05, 3.63) is 0 Å². The number of nitrogens with zero attached hydrogens (tertiary/aromatic N) is 1. The lowest BCUT2D eigenvalue weighted by Gasteiger charge is -2.41. The molecule has 2 N–H and O–H groups in total. The molecule has 5 atom stereocenters. The molecule has 0 aromatic heterocycles. The SMILES string of the molecule is CCCNC1CCC(C)CC1CN1CCC(O)C(C)C1. The van der Waals surface area contributed by atoms with E-state index in [1.54, 1.807) is 0 Å². The number of rotatable bonds is 5. The highest BCUT2D eigenvalue weighted by molar-refractivity contribution is 4.87. The first-order chi connectivity index (χ1) is 9.60. The first kappa shape index (κ1) is 16.3. The molecule has 0 bridgehead atoms. The molecule has 0 radical (unpaired) electrons. The van der Waals surface area contributed by atoms with E-state index in [-0.39, 0.29) is 6.10 Å². The number of hydrogen-bond donors (Lipinski definition) is 2. The van der Waals surface area contributed by atoms with Gasteiger partial charge in [-0.1, -0.05) is 20.8 Å². The third-order valence-electron chi connectivity index (χ3n) is 5.34. The number of piperidine rings is 1. The molecule has 1 saturated heterocycles. The van der Waals surface area contributed by atoms with Crippen molar-refractivity contribution < 1.29 is 5.11 Å². The molecule has 0 aromatic rings. The van der Waals surface area contributed by atoms with Crippen molar-refractivity contribution >= 4 is 0 Å². The first-order valence-corrected chi connectivity index (χ1v) is 8.74. The molecule has 0 aromatic carbocycles. The molecular formula is C17H34N2O. The van der Waals surface area contributed by atoms with Crippen LogP contribution in [0.2, 0.25) is 0 Å². The van der Waals surface area contributed by atoms with Crippen LogP contribution in [0.25, 0.3) is 0 Å². The van der Waals surface area contributed by atoms with Gasteiger partial charge in [0.05, 0.1) is 6.10 Å². The summed E-state index contributed by atoms with van der Waals surface area (Å²) in [7, 11) is 0. The van der Waals surface area contributed by atoms with Gasteiger partial charge < -0.3 is 15.3 Å². The van der Waals surface area contributed by atoms with Crippen molar-refractivity contribution in [1.82, 2.24) is 10.2 Å². The van der Waals surface area contributed by atoms with Crippen LogP contribution in [0.4, 0.5) is 0 Å². The Morgan fingerprint density at radius 2 is 2.00 bits per heavy atom. The van der Waals surface area contributed by atoms with Crippen LogP contribution in [0.3, 0.4) is 0 Å². The number of aliphatic hydroxyl groups is 1. The Labute approximate surface area is 125 Å². The maximum Gasteiger partial charge on any atom is 0.0590 e. The van der Waals surface area contributed by atoms with Crippen molar-refractivity contribution in [1.29, 1.82) is 0 Å². The zero-order valence-electron chi connectivity index (χ0n) is 13.6. The molecule has 118 valence electrons. The molecule has 5 unspecified atom stereocenters. The van der Waals surface area contributed by atoms with Crippen LogP contribution in [-0.2, 0) is 0 Å². The average Bonchev–Trinajstić information content (AvgIpc) is 2.42. The van der Waals surface area contributed by atoms with Gasteiger partial charge in [0.2, 0.25) is 0 Å². The molecule has 2 rings (SSSR count). The molecule has 1 aliphatic carbocycles. The van der Waals surface area contributed by atoms with Crippen molar-refractivity contribution in [2.75, 3.05) is 26.2 Å². The normalized spacial score (nSPS) is 39.9. The summed E-state index contributed by atoms with van der Waals surface area (Å²) in [6.07, 6.45) is 6.20. The Bertz CT molecular complexity index is 282. The monoisotopic (exact) mass is 282 g/mol. The van der Waals surface area contributed by atoms with Crippen LogP contribution in [0.1, 0.15) is 52.9 Å². The van der Waals surface area contributed by atoms with Gasteiger partial charge in [-0.25, -0.2) is 0 Å². The van der Waals surface area contributed by atoms with Gasteiger partial charge >= 0.3 is 0 Å². The van der Waals surface area contributed by atoms with Gasteiger partial charge in [-0.3, -0.25) is 0 Å². The third kappa shape index (κ3) is 4.44. The van der Waals surface area contributed by atoms with Gasteiger partial charge in [-0.2, -0.15) is 0 Å². The molecule has 0 spiro atoms. The average molecular weight is 282 g/mol. The van der Waals surface area contributed by atoms with E-state index in [9.17, 15) is 5.11 Å². The lowest BCUT2D eigenvalue weighted by Crippen LogP contribution is -2.49. The predicted molar refractivity (Wildman–Crippen MR) is 84.8 cm³/mol. The summed E-state index contributed by atoms with van der Waals surface area (Å²) in [6, 6.07) is 0.716. The van der Waals surface area contributed by atoms with Crippen LogP contribution in [0, 0.1) is 17.8 Å². The maximum absolute atomic E-state index is 9.87. The van der Waals surface area contributed by atoms with E-state index in [4.69, 9.17) is 0 Å². The summed E-state index contributed by atoms with van der Waals surface area (Å²) >= 11 is 0. The van der Waals surface area contributed by atoms with Crippen LogP contribution >= 0.6 is 0 Å². The topological polar surface area (TPSA) is 35.5 Å². The smallest absolute Gasteiger partial charge is 0.0590 e. The summed E-state index contributed by atoms with van der Waals surface area (Å²) in [5.74, 6) is 2.12. The Balaban J connectivity index is 1.86. The molecule has 1 aliphatic heterocycles. The lowest BCUT2D eigenvalue weighted by atomic mass is 9.78. The Morgan fingerprint density at radius 1 is 1.20 bits per heavy atom. The lowest BCUT2D eigenvalue weighted by molar-refractivity contribution is 0.0216. The zero-order chi connectivity index (χ0) is 14.5. The highest BCUT2D eigenvalue weighted by Crippen LogP contribution is 2.30. The maximum atomic E-state index is 9.87. The molecule has 2 aliphatic rings. The highest BCUT2D eigenvalue weighted by atomic mass is 16.3. The molecule has 3 nitrogen and oxygen atoms in total. The molecule has 20 heavy (non-hydrogen) atoms. The van der Waals surface area contributed by atoms with E-state index < -0.39 is 0 Å². The molecule has 1 heterocycles. The summed E-state index contributed by atoms with van der Waals surface area (Å²) in [4.78, 5) is 2.60. The van der Waals surface area contributed by atoms with Gasteiger partial charge in [0, 0.05) is 25.7 Å². The molecular weight excluding hydrogens is 248 g/mol. The van der Waals surface area contributed by atoms with E-state index in [1.165, 1.54) is 32.2 Å². The van der Waals surface area contributed by atoms with E-state index in [2.05, 4.69) is 31.0 Å².